The van der Waals surface area contributed by atoms with Crippen LogP contribution in [0, 0.1) is 5.92 Å². The van der Waals surface area contributed by atoms with Crippen molar-refractivity contribution in [3.05, 3.63) is 52.8 Å². The second-order valence-electron chi connectivity index (χ2n) is 5.41. The highest BCUT2D eigenvalue weighted by Crippen LogP contribution is 2.62. The summed E-state index contributed by atoms with van der Waals surface area (Å²) in [4.78, 5) is 0. The molecule has 1 N–H and O–H groups in total. The van der Waals surface area contributed by atoms with Gasteiger partial charge in [0.25, 0.3) is 0 Å². The van der Waals surface area contributed by atoms with E-state index in [0.29, 0.717) is 0 Å². The molecule has 0 amide bonds. The van der Waals surface area contributed by atoms with E-state index in [1.54, 1.807) is 0 Å². The number of rotatable bonds is 4. The highest BCUT2D eigenvalue weighted by molar-refractivity contribution is 8.37. The molecule has 1 aromatic carbocycles. The number of hydrogen-bond donors (Lipinski definition) is 1. The number of hydrogen-bond acceptors (Lipinski definition) is 2. The predicted molar refractivity (Wildman–Crippen MR) is 85.7 cm³/mol. The Hall–Kier alpha value is -1.03. The Balaban J connectivity index is 2.40. The van der Waals surface area contributed by atoms with Crippen LogP contribution in [0.1, 0.15) is 19.4 Å². The van der Waals surface area contributed by atoms with Gasteiger partial charge in [-0.25, -0.2) is 0 Å². The third-order valence-electron chi connectivity index (χ3n) is 3.48. The van der Waals surface area contributed by atoms with Gasteiger partial charge in [0.2, 0.25) is 0 Å². The number of aliphatic hydroxyl groups is 1. The molecule has 19 heavy (non-hydrogen) atoms. The standard InChI is InChI=1S/C16H23NOS/c1-13(2)16(18)19(17(3)4)11-10-15(12-19)14-8-6-5-7-9-14/h5-13,16,18H,1-4H3. The van der Waals surface area contributed by atoms with Gasteiger partial charge in [0.15, 0.2) is 0 Å². The molecule has 3 heteroatoms. The quantitative estimate of drug-likeness (QED) is 0.904. The van der Waals surface area contributed by atoms with Crippen LogP contribution in [0.3, 0.4) is 0 Å². The van der Waals surface area contributed by atoms with E-state index in [-0.39, 0.29) is 11.4 Å². The minimum Gasteiger partial charge on any atom is -0.382 e. The van der Waals surface area contributed by atoms with Crippen molar-refractivity contribution in [2.45, 2.75) is 19.3 Å². The molecule has 1 aliphatic heterocycles. The molecule has 2 atom stereocenters. The number of benzene rings is 1. The first-order valence-corrected chi connectivity index (χ1v) is 8.38. The van der Waals surface area contributed by atoms with E-state index in [9.17, 15) is 5.11 Å². The molecule has 0 saturated heterocycles. The first-order chi connectivity index (χ1) is 8.97. The summed E-state index contributed by atoms with van der Waals surface area (Å²) in [5.74, 6) is 0.244. The monoisotopic (exact) mass is 277 g/mol. The van der Waals surface area contributed by atoms with Crippen molar-refractivity contribution in [3.63, 3.8) is 0 Å². The fourth-order valence-electron chi connectivity index (χ4n) is 2.29. The van der Waals surface area contributed by atoms with E-state index in [0.717, 1.165) is 0 Å². The Bertz CT molecular complexity index is 493. The van der Waals surface area contributed by atoms with Crippen LogP contribution in [0.15, 0.2) is 47.2 Å². The lowest BCUT2D eigenvalue weighted by atomic mass is 10.1. The Morgan fingerprint density at radius 2 is 1.74 bits per heavy atom. The molecule has 0 fully saturated rings. The van der Waals surface area contributed by atoms with Gasteiger partial charge in [-0.1, -0.05) is 44.2 Å². The van der Waals surface area contributed by atoms with Gasteiger partial charge in [0.1, 0.15) is 5.44 Å². The van der Waals surface area contributed by atoms with Gasteiger partial charge in [-0.15, -0.1) is 10.2 Å². The highest BCUT2D eigenvalue weighted by Gasteiger charge is 2.35. The molecule has 2 unspecified atom stereocenters. The van der Waals surface area contributed by atoms with Crippen molar-refractivity contribution >= 4 is 15.8 Å². The lowest BCUT2D eigenvalue weighted by molar-refractivity contribution is 0.204. The molecule has 0 spiro atoms. The van der Waals surface area contributed by atoms with Gasteiger partial charge in [-0.2, -0.15) is 0 Å². The molecular weight excluding hydrogens is 254 g/mol. The maximum absolute atomic E-state index is 10.6. The molecule has 2 nitrogen and oxygen atoms in total. The second kappa shape index (κ2) is 5.53. The summed E-state index contributed by atoms with van der Waals surface area (Å²) >= 11 is 0. The predicted octanol–water partition coefficient (Wildman–Crippen LogP) is 3.81. The van der Waals surface area contributed by atoms with Crippen molar-refractivity contribution in [3.8, 4) is 0 Å². The zero-order chi connectivity index (χ0) is 14.0. The van der Waals surface area contributed by atoms with Gasteiger partial charge in [-0.3, -0.25) is 4.31 Å². The van der Waals surface area contributed by atoms with E-state index in [4.69, 9.17) is 0 Å². The number of allylic oxidation sites excluding steroid dienone is 2. The van der Waals surface area contributed by atoms with Crippen molar-refractivity contribution < 1.29 is 5.11 Å². The fraction of sp³-hybridized carbons (Fsp3) is 0.375. The van der Waals surface area contributed by atoms with Gasteiger partial charge in [0.05, 0.1) is 0 Å². The number of nitrogens with zero attached hydrogens (tertiary/aromatic N) is 1. The largest absolute Gasteiger partial charge is 0.382 e. The van der Waals surface area contributed by atoms with Crippen LogP contribution in [0.4, 0.5) is 0 Å². The highest BCUT2D eigenvalue weighted by atomic mass is 32.3. The van der Waals surface area contributed by atoms with Gasteiger partial charge >= 0.3 is 0 Å². The minimum absolute atomic E-state index is 0.244. The molecule has 0 aromatic heterocycles. The molecule has 104 valence electrons. The third-order valence-corrected chi connectivity index (χ3v) is 7.26. The molecule has 0 bridgehead atoms. The minimum atomic E-state index is -1.41. The SMILES string of the molecule is CC(C)C(O)S1(N(C)C)C=CC(c2ccccc2)=C1. The smallest absolute Gasteiger partial charge is 0.104 e. The maximum atomic E-state index is 10.6. The topological polar surface area (TPSA) is 23.5 Å². The lowest BCUT2D eigenvalue weighted by Gasteiger charge is -2.44. The van der Waals surface area contributed by atoms with E-state index < -0.39 is 10.2 Å². The molecule has 2 rings (SSSR count). The van der Waals surface area contributed by atoms with Crippen molar-refractivity contribution in [2.24, 2.45) is 5.92 Å². The summed E-state index contributed by atoms with van der Waals surface area (Å²) in [6, 6.07) is 10.4. The van der Waals surface area contributed by atoms with Gasteiger partial charge in [-0.05, 0) is 48.0 Å². The molecule has 1 heterocycles. The summed E-state index contributed by atoms with van der Waals surface area (Å²) in [5, 5.41) is 15.1. The third kappa shape index (κ3) is 2.64. The van der Waals surface area contributed by atoms with Gasteiger partial charge < -0.3 is 5.11 Å². The van der Waals surface area contributed by atoms with E-state index in [1.165, 1.54) is 11.1 Å². The lowest BCUT2D eigenvalue weighted by Crippen LogP contribution is -2.29. The van der Waals surface area contributed by atoms with Crippen LogP contribution in [0.5, 0.6) is 0 Å². The summed E-state index contributed by atoms with van der Waals surface area (Å²) in [7, 11) is 2.70. The maximum Gasteiger partial charge on any atom is 0.104 e. The van der Waals surface area contributed by atoms with E-state index in [2.05, 4.69) is 61.3 Å². The summed E-state index contributed by atoms with van der Waals surface area (Å²) < 4.78 is 2.17. The van der Waals surface area contributed by atoms with Crippen LogP contribution >= 0.6 is 10.2 Å². The Morgan fingerprint density at radius 3 is 2.26 bits per heavy atom. The molecule has 1 aromatic rings. The Labute approximate surface area is 117 Å². The molecular formula is C16H23NOS. The Kier molecular flexibility index (Phi) is 4.19. The average molecular weight is 277 g/mol. The fourth-order valence-corrected chi connectivity index (χ4v) is 5.41. The number of aliphatic hydroxyl groups excluding tert-OH is 1. The van der Waals surface area contributed by atoms with Crippen LogP contribution in [0.2, 0.25) is 0 Å². The van der Waals surface area contributed by atoms with E-state index in [1.807, 2.05) is 18.2 Å². The van der Waals surface area contributed by atoms with E-state index >= 15 is 0 Å². The first kappa shape index (κ1) is 14.4. The van der Waals surface area contributed by atoms with Crippen LogP contribution in [-0.4, -0.2) is 28.9 Å². The van der Waals surface area contributed by atoms with Crippen LogP contribution < -0.4 is 0 Å². The zero-order valence-electron chi connectivity index (χ0n) is 12.1. The summed E-state index contributed by atoms with van der Waals surface area (Å²) in [5.41, 5.74) is 2.09. The zero-order valence-corrected chi connectivity index (χ0v) is 12.9. The van der Waals surface area contributed by atoms with Gasteiger partial charge in [0, 0.05) is 0 Å². The Morgan fingerprint density at radius 1 is 1.11 bits per heavy atom. The van der Waals surface area contributed by atoms with Crippen LogP contribution in [0.25, 0.3) is 5.57 Å². The normalized spacial score (nSPS) is 27.4. The van der Waals surface area contributed by atoms with Crippen LogP contribution in [-0.2, 0) is 0 Å². The second-order valence-corrected chi connectivity index (χ2v) is 8.58. The average Bonchev–Trinajstić information content (AvgIpc) is 2.85. The van der Waals surface area contributed by atoms with Crippen molar-refractivity contribution in [1.29, 1.82) is 0 Å². The molecule has 0 aliphatic carbocycles. The van der Waals surface area contributed by atoms with Crippen molar-refractivity contribution in [2.75, 3.05) is 14.1 Å². The molecule has 0 radical (unpaired) electrons. The molecule has 1 aliphatic rings. The summed E-state index contributed by atoms with van der Waals surface area (Å²) in [6.45, 7) is 4.15. The summed E-state index contributed by atoms with van der Waals surface area (Å²) in [6.07, 6.45) is 2.15. The molecule has 0 saturated carbocycles. The first-order valence-electron chi connectivity index (χ1n) is 6.60. The van der Waals surface area contributed by atoms with Crippen molar-refractivity contribution in [1.82, 2.24) is 4.31 Å².